The van der Waals surface area contributed by atoms with Crippen molar-refractivity contribution in [2.75, 3.05) is 19.1 Å². The van der Waals surface area contributed by atoms with Crippen molar-refractivity contribution in [2.45, 2.75) is 6.54 Å². The summed E-state index contributed by atoms with van der Waals surface area (Å²) in [4.78, 5) is 10.7. The van der Waals surface area contributed by atoms with E-state index in [-0.39, 0.29) is 5.43 Å². The second-order valence-electron chi connectivity index (χ2n) is 2.57. The van der Waals surface area contributed by atoms with Gasteiger partial charge in [0, 0.05) is 37.0 Å². The van der Waals surface area contributed by atoms with E-state index in [9.17, 15) is 4.79 Å². The van der Waals surface area contributed by atoms with Crippen molar-refractivity contribution >= 4 is 11.6 Å². The number of aromatic nitrogens is 1. The molecule has 0 spiro atoms. The van der Waals surface area contributed by atoms with Crippen LogP contribution in [0.4, 0.5) is 0 Å². The van der Waals surface area contributed by atoms with E-state index in [0.29, 0.717) is 19.1 Å². The van der Waals surface area contributed by atoms with Crippen LogP contribution >= 0.6 is 11.6 Å². The van der Waals surface area contributed by atoms with E-state index in [4.69, 9.17) is 16.3 Å². The molecule has 0 aliphatic heterocycles. The molecule has 0 unspecified atom stereocenters. The summed E-state index contributed by atoms with van der Waals surface area (Å²) >= 11 is 5.43. The van der Waals surface area contributed by atoms with Crippen LogP contribution in [0.1, 0.15) is 0 Å². The molecule has 0 bridgehead atoms. The lowest BCUT2D eigenvalue weighted by Gasteiger charge is -2.05. The molecule has 1 aromatic rings. The molecule has 3 nitrogen and oxygen atoms in total. The topological polar surface area (TPSA) is 31.2 Å². The first-order valence-electron chi connectivity index (χ1n) is 4.13. The lowest BCUT2D eigenvalue weighted by atomic mass is 10.4. The second-order valence-corrected chi connectivity index (χ2v) is 2.95. The number of rotatable bonds is 5. The number of pyridine rings is 1. The molecule has 1 rings (SSSR count). The van der Waals surface area contributed by atoms with Crippen molar-refractivity contribution in [2.24, 2.45) is 0 Å². The van der Waals surface area contributed by atoms with Gasteiger partial charge in [0.2, 0.25) is 0 Å². The minimum atomic E-state index is 0.0259. The van der Waals surface area contributed by atoms with Gasteiger partial charge in [-0.3, -0.25) is 4.79 Å². The first-order chi connectivity index (χ1) is 6.33. The zero-order valence-corrected chi connectivity index (χ0v) is 8.04. The SMILES string of the molecule is O=c1ccn(CCOCCCl)cc1. The van der Waals surface area contributed by atoms with E-state index in [1.54, 1.807) is 12.4 Å². The Morgan fingerprint density at radius 1 is 1.31 bits per heavy atom. The molecule has 0 radical (unpaired) electrons. The largest absolute Gasteiger partial charge is 0.378 e. The molecule has 1 aromatic heterocycles. The van der Waals surface area contributed by atoms with Crippen LogP contribution in [0.3, 0.4) is 0 Å². The van der Waals surface area contributed by atoms with Gasteiger partial charge in [0.05, 0.1) is 13.2 Å². The van der Waals surface area contributed by atoms with Crippen molar-refractivity contribution < 1.29 is 4.74 Å². The first kappa shape index (κ1) is 10.3. The summed E-state index contributed by atoms with van der Waals surface area (Å²) in [6.07, 6.45) is 3.48. The van der Waals surface area contributed by atoms with Crippen molar-refractivity contribution in [3.05, 3.63) is 34.7 Å². The minimum absolute atomic E-state index is 0.0259. The summed E-state index contributed by atoms with van der Waals surface area (Å²) in [5.74, 6) is 0.518. The quantitative estimate of drug-likeness (QED) is 0.528. The van der Waals surface area contributed by atoms with Crippen molar-refractivity contribution in [1.29, 1.82) is 0 Å². The van der Waals surface area contributed by atoms with Crippen LogP contribution in [0.25, 0.3) is 0 Å². The van der Waals surface area contributed by atoms with Crippen LogP contribution in [-0.2, 0) is 11.3 Å². The third-order valence-corrected chi connectivity index (χ3v) is 1.73. The van der Waals surface area contributed by atoms with Gasteiger partial charge in [-0.25, -0.2) is 0 Å². The predicted molar refractivity (Wildman–Crippen MR) is 52.2 cm³/mol. The molecule has 13 heavy (non-hydrogen) atoms. The Morgan fingerprint density at radius 2 is 2.00 bits per heavy atom. The van der Waals surface area contributed by atoms with Crippen LogP contribution in [0.5, 0.6) is 0 Å². The summed E-state index contributed by atoms with van der Waals surface area (Å²) < 4.78 is 7.08. The summed E-state index contributed by atoms with van der Waals surface area (Å²) in [5.41, 5.74) is 0.0259. The number of hydrogen-bond donors (Lipinski definition) is 0. The van der Waals surface area contributed by atoms with Gasteiger partial charge < -0.3 is 9.30 Å². The van der Waals surface area contributed by atoms with Gasteiger partial charge in [-0.2, -0.15) is 0 Å². The number of halogens is 1. The van der Waals surface area contributed by atoms with Crippen LogP contribution in [-0.4, -0.2) is 23.7 Å². The molecule has 0 fully saturated rings. The highest BCUT2D eigenvalue weighted by atomic mass is 35.5. The van der Waals surface area contributed by atoms with E-state index in [0.717, 1.165) is 6.54 Å². The van der Waals surface area contributed by atoms with Gasteiger partial charge in [0.1, 0.15) is 0 Å². The maximum atomic E-state index is 10.7. The van der Waals surface area contributed by atoms with E-state index < -0.39 is 0 Å². The van der Waals surface area contributed by atoms with Crippen molar-refractivity contribution in [1.82, 2.24) is 4.57 Å². The van der Waals surface area contributed by atoms with Crippen LogP contribution in [0, 0.1) is 0 Å². The molecular formula is C9H12ClNO2. The van der Waals surface area contributed by atoms with Gasteiger partial charge in [0.15, 0.2) is 5.43 Å². The highest BCUT2D eigenvalue weighted by molar-refractivity contribution is 6.17. The molecule has 0 saturated carbocycles. The summed E-state index contributed by atoms with van der Waals surface area (Å²) in [7, 11) is 0. The Bertz CT molecular complexity index is 277. The average molecular weight is 202 g/mol. The number of hydrogen-bond acceptors (Lipinski definition) is 2. The maximum Gasteiger partial charge on any atom is 0.181 e. The van der Waals surface area contributed by atoms with Crippen LogP contribution < -0.4 is 5.43 Å². The van der Waals surface area contributed by atoms with Gasteiger partial charge >= 0.3 is 0 Å². The van der Waals surface area contributed by atoms with Crippen LogP contribution in [0.2, 0.25) is 0 Å². The number of alkyl halides is 1. The minimum Gasteiger partial charge on any atom is -0.378 e. The molecule has 0 N–H and O–H groups in total. The molecule has 0 atom stereocenters. The molecular weight excluding hydrogens is 190 g/mol. The number of nitrogens with zero attached hydrogens (tertiary/aromatic N) is 1. The molecule has 72 valence electrons. The molecule has 0 saturated heterocycles. The van der Waals surface area contributed by atoms with Gasteiger partial charge in [-0.05, 0) is 0 Å². The summed E-state index contributed by atoms with van der Waals surface area (Å²) in [5, 5.41) is 0. The molecule has 0 aliphatic rings. The smallest absolute Gasteiger partial charge is 0.181 e. The van der Waals surface area contributed by atoms with Crippen molar-refractivity contribution in [3.8, 4) is 0 Å². The molecule has 1 heterocycles. The molecule has 4 heteroatoms. The molecule has 0 amide bonds. The average Bonchev–Trinajstić information content (AvgIpc) is 2.15. The van der Waals surface area contributed by atoms with Gasteiger partial charge in [0.25, 0.3) is 0 Å². The van der Waals surface area contributed by atoms with E-state index in [1.807, 2.05) is 4.57 Å². The third-order valence-electron chi connectivity index (χ3n) is 1.58. The fourth-order valence-electron chi connectivity index (χ4n) is 0.919. The zero-order chi connectivity index (χ0) is 9.52. The zero-order valence-electron chi connectivity index (χ0n) is 7.28. The lowest BCUT2D eigenvalue weighted by molar-refractivity contribution is 0.140. The summed E-state index contributed by atoms with van der Waals surface area (Å²) in [6, 6.07) is 3.06. The lowest BCUT2D eigenvalue weighted by Crippen LogP contribution is -2.09. The maximum absolute atomic E-state index is 10.7. The van der Waals surface area contributed by atoms with Crippen molar-refractivity contribution in [3.63, 3.8) is 0 Å². The monoisotopic (exact) mass is 201 g/mol. The van der Waals surface area contributed by atoms with Gasteiger partial charge in [-0.1, -0.05) is 0 Å². The Labute approximate surface area is 81.9 Å². The second kappa shape index (κ2) is 5.78. The Kier molecular flexibility index (Phi) is 4.57. The highest BCUT2D eigenvalue weighted by Crippen LogP contribution is 1.86. The van der Waals surface area contributed by atoms with E-state index in [2.05, 4.69) is 0 Å². The van der Waals surface area contributed by atoms with E-state index in [1.165, 1.54) is 12.1 Å². The van der Waals surface area contributed by atoms with Crippen LogP contribution in [0.15, 0.2) is 29.3 Å². The first-order valence-corrected chi connectivity index (χ1v) is 4.66. The fourth-order valence-corrected chi connectivity index (χ4v) is 1.03. The predicted octanol–water partition coefficient (Wildman–Crippen LogP) is 1.10. The van der Waals surface area contributed by atoms with Gasteiger partial charge in [-0.15, -0.1) is 11.6 Å². The Balaban J connectivity index is 2.29. The Hall–Kier alpha value is -0.800. The third kappa shape index (κ3) is 4.10. The fraction of sp³-hybridized carbons (Fsp3) is 0.444. The molecule has 0 aliphatic carbocycles. The normalized spacial score (nSPS) is 10.2. The Morgan fingerprint density at radius 3 is 2.62 bits per heavy atom. The highest BCUT2D eigenvalue weighted by Gasteiger charge is 1.89. The molecule has 0 aromatic carbocycles. The van der Waals surface area contributed by atoms with E-state index >= 15 is 0 Å². The number of ether oxygens (including phenoxy) is 1. The standard InChI is InChI=1S/C9H12ClNO2/c10-3-7-13-8-6-11-4-1-9(12)2-5-11/h1-2,4-5H,3,6-8H2. The summed E-state index contributed by atoms with van der Waals surface area (Å²) in [6.45, 7) is 1.94.